The number of hydrogen-bond donors (Lipinski definition) is 1. The van der Waals surface area contributed by atoms with Crippen molar-refractivity contribution >= 4 is 33.1 Å². The van der Waals surface area contributed by atoms with E-state index in [9.17, 15) is 4.79 Å². The van der Waals surface area contributed by atoms with Crippen molar-refractivity contribution < 1.29 is 4.79 Å². The summed E-state index contributed by atoms with van der Waals surface area (Å²) in [4.78, 5) is 21.7. The lowest BCUT2D eigenvalue weighted by Gasteiger charge is -2.22. The van der Waals surface area contributed by atoms with Gasteiger partial charge in [-0.15, -0.1) is 11.3 Å². The van der Waals surface area contributed by atoms with E-state index in [2.05, 4.69) is 20.4 Å². The third kappa shape index (κ3) is 3.53. The Kier molecular flexibility index (Phi) is 4.47. The molecule has 3 aromatic heterocycles. The van der Waals surface area contributed by atoms with E-state index in [1.165, 1.54) is 0 Å². The summed E-state index contributed by atoms with van der Waals surface area (Å²) >= 11 is 1.58. The smallest absolute Gasteiger partial charge is 0.273 e. The van der Waals surface area contributed by atoms with Gasteiger partial charge in [-0.25, -0.2) is 4.98 Å². The molecule has 6 nitrogen and oxygen atoms in total. The van der Waals surface area contributed by atoms with Crippen molar-refractivity contribution in [2.45, 2.75) is 33.2 Å². The van der Waals surface area contributed by atoms with Crippen molar-refractivity contribution in [3.63, 3.8) is 0 Å². The molecular formula is C21H21N5OS. The first-order valence-electron chi connectivity index (χ1n) is 9.01. The van der Waals surface area contributed by atoms with E-state index < -0.39 is 0 Å². The molecule has 0 unspecified atom stereocenters. The molecule has 4 rings (SSSR count). The number of aryl methyl sites for hydroxylation is 1. The van der Waals surface area contributed by atoms with Gasteiger partial charge in [-0.2, -0.15) is 5.10 Å². The van der Waals surface area contributed by atoms with Crippen LogP contribution in [0.3, 0.4) is 0 Å². The Hall–Kier alpha value is -3.06. The van der Waals surface area contributed by atoms with Crippen molar-refractivity contribution in [1.29, 1.82) is 0 Å². The zero-order valence-electron chi connectivity index (χ0n) is 16.2. The van der Waals surface area contributed by atoms with Crippen LogP contribution in [-0.2, 0) is 5.54 Å². The lowest BCUT2D eigenvalue weighted by molar-refractivity contribution is 0.100. The van der Waals surface area contributed by atoms with Crippen molar-refractivity contribution in [3.8, 4) is 10.6 Å². The number of carbonyl (C=O) groups excluding carboxylic acids is 1. The molecule has 3 heterocycles. The fourth-order valence-electron chi connectivity index (χ4n) is 3.00. The van der Waals surface area contributed by atoms with Crippen LogP contribution < -0.4 is 5.32 Å². The molecule has 0 aliphatic heterocycles. The Morgan fingerprint density at radius 1 is 1.18 bits per heavy atom. The van der Waals surface area contributed by atoms with E-state index >= 15 is 0 Å². The second kappa shape index (κ2) is 6.83. The molecule has 0 saturated heterocycles. The maximum absolute atomic E-state index is 12.9. The number of benzene rings is 1. The number of nitrogens with zero attached hydrogens (tertiary/aromatic N) is 4. The summed E-state index contributed by atoms with van der Waals surface area (Å²) < 4.78 is 2.80. The van der Waals surface area contributed by atoms with Crippen LogP contribution in [0.25, 0.3) is 20.8 Å². The minimum absolute atomic E-state index is 0.179. The van der Waals surface area contributed by atoms with Crippen LogP contribution in [0.4, 0.5) is 5.69 Å². The molecule has 0 saturated carbocycles. The molecule has 142 valence electrons. The normalized spacial score (nSPS) is 11.7. The highest BCUT2D eigenvalue weighted by Gasteiger charge is 2.23. The van der Waals surface area contributed by atoms with Crippen LogP contribution in [0.15, 0.2) is 48.8 Å². The number of thiazole rings is 1. The SMILES string of the molecule is Cc1cc(C(=O)Nc2cccc(-c3nc4ccncc4s3)c2)n(C(C)(C)C)n1. The molecule has 7 heteroatoms. The average Bonchev–Trinajstić information content (AvgIpc) is 3.25. The van der Waals surface area contributed by atoms with Gasteiger partial charge in [-0.3, -0.25) is 14.5 Å². The minimum Gasteiger partial charge on any atom is -0.321 e. The fourth-order valence-corrected chi connectivity index (χ4v) is 3.93. The summed E-state index contributed by atoms with van der Waals surface area (Å²) in [5, 5.41) is 8.37. The number of nitrogens with one attached hydrogen (secondary N) is 1. The van der Waals surface area contributed by atoms with Crippen LogP contribution in [-0.4, -0.2) is 25.7 Å². The predicted molar refractivity (Wildman–Crippen MR) is 113 cm³/mol. The summed E-state index contributed by atoms with van der Waals surface area (Å²) in [5.74, 6) is -0.179. The number of fused-ring (bicyclic) bond motifs is 1. The Bertz CT molecular complexity index is 1140. The van der Waals surface area contributed by atoms with Gasteiger partial charge in [0.2, 0.25) is 0 Å². The highest BCUT2D eigenvalue weighted by atomic mass is 32.1. The van der Waals surface area contributed by atoms with E-state index in [0.29, 0.717) is 5.69 Å². The van der Waals surface area contributed by atoms with Crippen LogP contribution in [0.5, 0.6) is 0 Å². The number of carbonyl (C=O) groups is 1. The molecule has 0 bridgehead atoms. The van der Waals surface area contributed by atoms with Crippen molar-refractivity contribution in [1.82, 2.24) is 19.7 Å². The van der Waals surface area contributed by atoms with Gasteiger partial charge in [0.05, 0.1) is 21.4 Å². The van der Waals surface area contributed by atoms with Gasteiger partial charge in [-0.05, 0) is 52.0 Å². The highest BCUT2D eigenvalue weighted by Crippen LogP contribution is 2.31. The molecule has 0 radical (unpaired) electrons. The zero-order valence-corrected chi connectivity index (χ0v) is 17.0. The van der Waals surface area contributed by atoms with Gasteiger partial charge in [-0.1, -0.05) is 12.1 Å². The number of anilines is 1. The average molecular weight is 392 g/mol. The molecule has 28 heavy (non-hydrogen) atoms. The van der Waals surface area contributed by atoms with E-state index in [4.69, 9.17) is 0 Å². The summed E-state index contributed by atoms with van der Waals surface area (Å²) in [7, 11) is 0. The third-order valence-electron chi connectivity index (χ3n) is 4.26. The zero-order chi connectivity index (χ0) is 19.9. The van der Waals surface area contributed by atoms with Crippen molar-refractivity contribution in [3.05, 3.63) is 60.2 Å². The second-order valence-electron chi connectivity index (χ2n) is 7.65. The Morgan fingerprint density at radius 2 is 2.00 bits per heavy atom. The van der Waals surface area contributed by atoms with Gasteiger partial charge in [0.15, 0.2) is 0 Å². The molecule has 1 aromatic carbocycles. The second-order valence-corrected chi connectivity index (χ2v) is 8.68. The van der Waals surface area contributed by atoms with Gasteiger partial charge in [0, 0.05) is 23.6 Å². The topological polar surface area (TPSA) is 72.7 Å². The lowest BCUT2D eigenvalue weighted by atomic mass is 10.1. The highest BCUT2D eigenvalue weighted by molar-refractivity contribution is 7.21. The lowest BCUT2D eigenvalue weighted by Crippen LogP contribution is -2.29. The predicted octanol–water partition coefficient (Wildman–Crippen LogP) is 4.87. The molecule has 0 aliphatic carbocycles. The molecule has 0 aliphatic rings. The monoisotopic (exact) mass is 391 g/mol. The largest absolute Gasteiger partial charge is 0.321 e. The number of hydrogen-bond acceptors (Lipinski definition) is 5. The van der Waals surface area contributed by atoms with Crippen LogP contribution in [0.2, 0.25) is 0 Å². The quantitative estimate of drug-likeness (QED) is 0.541. The summed E-state index contributed by atoms with van der Waals surface area (Å²) in [5.41, 5.74) is 3.68. The molecular weight excluding hydrogens is 370 g/mol. The molecule has 0 fully saturated rings. The summed E-state index contributed by atoms with van der Waals surface area (Å²) in [6, 6.07) is 11.4. The first-order chi connectivity index (χ1) is 13.3. The number of aromatic nitrogens is 4. The Morgan fingerprint density at radius 3 is 2.75 bits per heavy atom. The number of pyridine rings is 1. The van der Waals surface area contributed by atoms with Gasteiger partial charge in [0.1, 0.15) is 10.7 Å². The van der Waals surface area contributed by atoms with Gasteiger partial charge < -0.3 is 5.32 Å². The van der Waals surface area contributed by atoms with Crippen molar-refractivity contribution in [2.75, 3.05) is 5.32 Å². The minimum atomic E-state index is -0.280. The Balaban J connectivity index is 1.63. The standard InChI is InChI=1S/C21H21N5OS/c1-13-10-17(26(25-13)21(2,3)4)19(27)23-15-7-5-6-14(11-15)20-24-16-8-9-22-12-18(16)28-20/h5-12H,1-4H3,(H,23,27). The summed E-state index contributed by atoms with van der Waals surface area (Å²) in [6.45, 7) is 7.97. The van der Waals surface area contributed by atoms with E-state index in [1.54, 1.807) is 22.2 Å². The van der Waals surface area contributed by atoms with E-state index in [-0.39, 0.29) is 11.4 Å². The van der Waals surface area contributed by atoms with E-state index in [1.807, 2.05) is 70.3 Å². The maximum Gasteiger partial charge on any atom is 0.273 e. The maximum atomic E-state index is 12.9. The van der Waals surface area contributed by atoms with Crippen LogP contribution in [0.1, 0.15) is 37.0 Å². The fraction of sp³-hybridized carbons (Fsp3) is 0.238. The number of rotatable bonds is 3. The molecule has 1 N–H and O–H groups in total. The summed E-state index contributed by atoms with van der Waals surface area (Å²) in [6.07, 6.45) is 3.56. The van der Waals surface area contributed by atoms with Crippen LogP contribution in [0, 0.1) is 6.92 Å². The Labute approximate surface area is 167 Å². The van der Waals surface area contributed by atoms with Gasteiger partial charge in [0.25, 0.3) is 5.91 Å². The van der Waals surface area contributed by atoms with Crippen LogP contribution >= 0.6 is 11.3 Å². The first kappa shape index (κ1) is 18.3. The van der Waals surface area contributed by atoms with Crippen molar-refractivity contribution in [2.24, 2.45) is 0 Å². The number of amides is 1. The van der Waals surface area contributed by atoms with E-state index in [0.717, 1.165) is 32.2 Å². The third-order valence-corrected chi connectivity index (χ3v) is 5.31. The molecule has 4 aromatic rings. The molecule has 0 atom stereocenters. The molecule has 1 amide bonds. The first-order valence-corrected chi connectivity index (χ1v) is 9.82. The van der Waals surface area contributed by atoms with Gasteiger partial charge >= 0.3 is 0 Å². The molecule has 0 spiro atoms.